The maximum absolute atomic E-state index is 13.9. The summed E-state index contributed by atoms with van der Waals surface area (Å²) in [4.78, 5) is 28.2. The van der Waals surface area contributed by atoms with Crippen LogP contribution in [-0.4, -0.2) is 43.3 Å². The van der Waals surface area contributed by atoms with E-state index in [0.29, 0.717) is 10.6 Å². The highest BCUT2D eigenvalue weighted by Crippen LogP contribution is 2.28. The zero-order chi connectivity index (χ0) is 29.0. The number of hydrogen-bond acceptors (Lipinski definition) is 4. The van der Waals surface area contributed by atoms with E-state index in [2.05, 4.69) is 5.32 Å². The largest absolute Gasteiger partial charge is 0.350 e. The Kier molecular flexibility index (Phi) is 9.64. The molecule has 3 aromatic rings. The summed E-state index contributed by atoms with van der Waals surface area (Å²) in [6.45, 7) is 6.36. The van der Waals surface area contributed by atoms with Crippen LogP contribution in [-0.2, 0) is 26.2 Å². The summed E-state index contributed by atoms with van der Waals surface area (Å²) in [6, 6.07) is 16.7. The van der Waals surface area contributed by atoms with Crippen LogP contribution < -0.4 is 9.62 Å². The van der Waals surface area contributed by atoms with Gasteiger partial charge in [0.15, 0.2) is 0 Å². The van der Waals surface area contributed by atoms with E-state index >= 15 is 0 Å². The Bertz CT molecular complexity index is 1430. The van der Waals surface area contributed by atoms with Crippen molar-refractivity contribution in [2.45, 2.75) is 50.7 Å². The Morgan fingerprint density at radius 2 is 1.59 bits per heavy atom. The minimum Gasteiger partial charge on any atom is -0.350 e. The molecule has 2 amide bonds. The molecule has 0 bridgehead atoms. The van der Waals surface area contributed by atoms with E-state index in [4.69, 9.17) is 23.2 Å². The lowest BCUT2D eigenvalue weighted by molar-refractivity contribution is -0.140. The van der Waals surface area contributed by atoms with E-state index in [1.807, 2.05) is 20.8 Å². The third kappa shape index (κ3) is 7.94. The molecule has 0 spiro atoms. The first-order valence-corrected chi connectivity index (χ1v) is 14.3. The Balaban J connectivity index is 2.04. The Hall–Kier alpha value is -3.14. The molecule has 0 saturated carbocycles. The summed E-state index contributed by atoms with van der Waals surface area (Å²) >= 11 is 12.0. The summed E-state index contributed by atoms with van der Waals surface area (Å²) in [6.07, 6.45) is 0. The second-order valence-corrected chi connectivity index (χ2v) is 12.7. The highest BCUT2D eigenvalue weighted by Gasteiger charge is 2.33. The normalized spacial score (nSPS) is 12.5. The minimum atomic E-state index is -4.28. The van der Waals surface area contributed by atoms with Crippen molar-refractivity contribution in [3.63, 3.8) is 0 Å². The van der Waals surface area contributed by atoms with Gasteiger partial charge in [-0.3, -0.25) is 13.9 Å². The number of carbonyl (C=O) groups excluding carboxylic acids is 2. The third-order valence-corrected chi connectivity index (χ3v) is 8.06. The molecule has 1 unspecified atom stereocenters. The number of nitrogens with one attached hydrogen (secondary N) is 1. The van der Waals surface area contributed by atoms with Gasteiger partial charge in [0.25, 0.3) is 10.0 Å². The summed E-state index contributed by atoms with van der Waals surface area (Å²) in [5, 5.41) is 3.06. The number of rotatable bonds is 9. The first kappa shape index (κ1) is 30.4. The number of anilines is 1. The van der Waals surface area contributed by atoms with Gasteiger partial charge in [-0.1, -0.05) is 53.5 Å². The topological polar surface area (TPSA) is 86.8 Å². The van der Waals surface area contributed by atoms with Gasteiger partial charge in [-0.05, 0) is 75.7 Å². The Morgan fingerprint density at radius 3 is 2.15 bits per heavy atom. The van der Waals surface area contributed by atoms with Gasteiger partial charge in [-0.25, -0.2) is 12.8 Å². The number of sulfonamides is 1. The van der Waals surface area contributed by atoms with Crippen LogP contribution >= 0.6 is 23.2 Å². The lowest BCUT2D eigenvalue weighted by atomic mass is 10.1. The van der Waals surface area contributed by atoms with Gasteiger partial charge in [0.2, 0.25) is 11.8 Å². The average molecular weight is 595 g/mol. The number of amides is 2. The molecular formula is C28H30Cl2FN3O4S. The number of carbonyl (C=O) groups is 2. The number of hydrogen-bond donors (Lipinski definition) is 1. The van der Waals surface area contributed by atoms with Crippen LogP contribution in [0.15, 0.2) is 77.7 Å². The van der Waals surface area contributed by atoms with Crippen molar-refractivity contribution in [2.24, 2.45) is 0 Å². The van der Waals surface area contributed by atoms with Crippen molar-refractivity contribution in [3.05, 3.63) is 94.2 Å². The fourth-order valence-corrected chi connectivity index (χ4v) is 5.46. The van der Waals surface area contributed by atoms with Crippen molar-refractivity contribution < 1.29 is 22.4 Å². The molecule has 0 saturated heterocycles. The van der Waals surface area contributed by atoms with E-state index in [1.54, 1.807) is 49.4 Å². The molecule has 1 N–H and O–H groups in total. The Labute approximate surface area is 238 Å². The van der Waals surface area contributed by atoms with Crippen LogP contribution in [0.4, 0.5) is 10.1 Å². The standard InChI is InChI=1S/C28H30Cl2FN3O4S/c1-19(27(36)32-28(2,3)4)33(17-20-10-12-21(29)13-11-20)26(35)18-34(22-14-15-25(31)24(30)16-22)39(37,38)23-8-6-5-7-9-23/h5-16,19H,17-18H2,1-4H3,(H,32,36). The number of nitrogens with zero attached hydrogens (tertiary/aromatic N) is 2. The molecule has 0 fully saturated rings. The molecule has 7 nitrogen and oxygen atoms in total. The van der Waals surface area contributed by atoms with Gasteiger partial charge >= 0.3 is 0 Å². The zero-order valence-electron chi connectivity index (χ0n) is 22.0. The molecule has 39 heavy (non-hydrogen) atoms. The third-order valence-electron chi connectivity index (χ3n) is 5.73. The van der Waals surface area contributed by atoms with E-state index in [9.17, 15) is 22.4 Å². The van der Waals surface area contributed by atoms with Crippen molar-refractivity contribution in [1.29, 1.82) is 0 Å². The van der Waals surface area contributed by atoms with Gasteiger partial charge in [0, 0.05) is 17.1 Å². The fourth-order valence-electron chi connectivity index (χ4n) is 3.73. The lowest BCUT2D eigenvalue weighted by Crippen LogP contribution is -2.54. The van der Waals surface area contributed by atoms with Gasteiger partial charge in [-0.2, -0.15) is 0 Å². The van der Waals surface area contributed by atoms with Crippen molar-refractivity contribution in [3.8, 4) is 0 Å². The van der Waals surface area contributed by atoms with Crippen LogP contribution in [0.3, 0.4) is 0 Å². The molecule has 0 aromatic heterocycles. The predicted molar refractivity (Wildman–Crippen MR) is 152 cm³/mol. The van der Waals surface area contributed by atoms with Crippen LogP contribution in [0.5, 0.6) is 0 Å². The second-order valence-electron chi connectivity index (χ2n) is 9.99. The first-order chi connectivity index (χ1) is 18.2. The van der Waals surface area contributed by atoms with Crippen LogP contribution in [0.1, 0.15) is 33.3 Å². The van der Waals surface area contributed by atoms with Crippen molar-refractivity contribution >= 4 is 50.7 Å². The molecule has 0 radical (unpaired) electrons. The molecule has 3 rings (SSSR count). The van der Waals surface area contributed by atoms with Crippen LogP contribution in [0, 0.1) is 5.82 Å². The molecule has 11 heteroatoms. The monoisotopic (exact) mass is 593 g/mol. The number of benzene rings is 3. The number of halogens is 3. The summed E-state index contributed by atoms with van der Waals surface area (Å²) in [5.41, 5.74) is 0.121. The van der Waals surface area contributed by atoms with Gasteiger partial charge in [-0.15, -0.1) is 0 Å². The average Bonchev–Trinajstić information content (AvgIpc) is 2.87. The van der Waals surface area contributed by atoms with Gasteiger partial charge in [0.05, 0.1) is 15.6 Å². The molecule has 208 valence electrons. The highest BCUT2D eigenvalue weighted by molar-refractivity contribution is 7.92. The molecule has 0 aliphatic carbocycles. The van der Waals surface area contributed by atoms with E-state index in [1.165, 1.54) is 23.1 Å². The second kappa shape index (κ2) is 12.4. The summed E-state index contributed by atoms with van der Waals surface area (Å²) in [7, 11) is -4.28. The van der Waals surface area contributed by atoms with E-state index < -0.39 is 45.8 Å². The minimum absolute atomic E-state index is 0.00292. The highest BCUT2D eigenvalue weighted by atomic mass is 35.5. The van der Waals surface area contributed by atoms with Crippen molar-refractivity contribution in [1.82, 2.24) is 10.2 Å². The van der Waals surface area contributed by atoms with Crippen LogP contribution in [0.2, 0.25) is 10.0 Å². The maximum atomic E-state index is 13.9. The lowest BCUT2D eigenvalue weighted by Gasteiger charge is -2.33. The molecular weight excluding hydrogens is 564 g/mol. The van der Waals surface area contributed by atoms with Gasteiger partial charge < -0.3 is 10.2 Å². The zero-order valence-corrected chi connectivity index (χ0v) is 24.3. The summed E-state index contributed by atoms with van der Waals surface area (Å²) < 4.78 is 42.2. The molecule has 1 atom stereocenters. The predicted octanol–water partition coefficient (Wildman–Crippen LogP) is 5.66. The Morgan fingerprint density at radius 1 is 0.974 bits per heavy atom. The molecule has 0 aliphatic heterocycles. The van der Waals surface area contributed by atoms with Crippen LogP contribution in [0.25, 0.3) is 0 Å². The molecule has 3 aromatic carbocycles. The SMILES string of the molecule is CC(C(=O)NC(C)(C)C)N(Cc1ccc(Cl)cc1)C(=O)CN(c1ccc(F)c(Cl)c1)S(=O)(=O)c1ccccc1. The maximum Gasteiger partial charge on any atom is 0.264 e. The van der Waals surface area contributed by atoms with Crippen molar-refractivity contribution in [2.75, 3.05) is 10.8 Å². The quantitative estimate of drug-likeness (QED) is 0.347. The van der Waals surface area contributed by atoms with Gasteiger partial charge in [0.1, 0.15) is 18.4 Å². The van der Waals surface area contributed by atoms with E-state index in [0.717, 1.165) is 16.4 Å². The smallest absolute Gasteiger partial charge is 0.264 e. The van der Waals surface area contributed by atoms with E-state index in [-0.39, 0.29) is 22.2 Å². The fraction of sp³-hybridized carbons (Fsp3) is 0.286. The molecule has 0 aliphatic rings. The summed E-state index contributed by atoms with van der Waals surface area (Å²) in [5.74, 6) is -1.80. The first-order valence-electron chi connectivity index (χ1n) is 12.1. The molecule has 0 heterocycles.